The number of hydrogen-bond acceptors (Lipinski definition) is 4. The van der Waals surface area contributed by atoms with Crippen LogP contribution < -0.4 is 5.32 Å². The molecule has 0 aliphatic rings. The summed E-state index contributed by atoms with van der Waals surface area (Å²) in [6.45, 7) is 0. The highest BCUT2D eigenvalue weighted by Gasteiger charge is 2.12. The number of imidazole rings is 1. The van der Waals surface area contributed by atoms with Gasteiger partial charge < -0.3 is 10.3 Å². The number of rotatable bonds is 4. The van der Waals surface area contributed by atoms with Crippen LogP contribution in [0.15, 0.2) is 73.2 Å². The molecule has 4 rings (SSSR count). The summed E-state index contributed by atoms with van der Waals surface area (Å²) in [6.07, 6.45) is 4.99. The summed E-state index contributed by atoms with van der Waals surface area (Å²) < 4.78 is 1.65. The van der Waals surface area contributed by atoms with Crippen molar-refractivity contribution in [3.8, 4) is 17.2 Å². The predicted octanol–water partition coefficient (Wildman–Crippen LogP) is 2.91. The molecule has 2 N–H and O–H groups in total. The van der Waals surface area contributed by atoms with E-state index in [-0.39, 0.29) is 5.91 Å². The van der Waals surface area contributed by atoms with E-state index in [1.807, 2.05) is 48.5 Å². The van der Waals surface area contributed by atoms with Gasteiger partial charge in [0.15, 0.2) is 11.5 Å². The van der Waals surface area contributed by atoms with Gasteiger partial charge in [0.05, 0.1) is 11.9 Å². The largest absolute Gasteiger partial charge is 0.323 e. The number of nitrogens with zero attached hydrogens (tertiary/aromatic N) is 4. The second kappa shape index (κ2) is 6.40. The molecule has 7 heteroatoms. The minimum atomic E-state index is -0.314. The van der Waals surface area contributed by atoms with E-state index >= 15 is 0 Å². The van der Waals surface area contributed by atoms with Gasteiger partial charge in [0.1, 0.15) is 11.5 Å². The summed E-state index contributed by atoms with van der Waals surface area (Å²) in [5.74, 6) is 0.761. The average molecular weight is 330 g/mol. The van der Waals surface area contributed by atoms with Crippen LogP contribution in [0.2, 0.25) is 0 Å². The Labute approximate surface area is 143 Å². The van der Waals surface area contributed by atoms with Crippen LogP contribution in [0.25, 0.3) is 17.2 Å². The first-order valence-electron chi connectivity index (χ1n) is 7.68. The molecule has 0 fully saturated rings. The van der Waals surface area contributed by atoms with Crippen LogP contribution in [0, 0.1) is 0 Å². The van der Waals surface area contributed by atoms with Gasteiger partial charge in [-0.15, -0.1) is 0 Å². The van der Waals surface area contributed by atoms with Gasteiger partial charge in [-0.25, -0.2) is 9.67 Å². The fourth-order valence-electron chi connectivity index (χ4n) is 2.37. The third-order valence-corrected chi connectivity index (χ3v) is 3.57. The molecule has 0 spiro atoms. The van der Waals surface area contributed by atoms with Crippen molar-refractivity contribution < 1.29 is 4.79 Å². The van der Waals surface area contributed by atoms with E-state index in [0.717, 1.165) is 5.69 Å². The summed E-state index contributed by atoms with van der Waals surface area (Å²) >= 11 is 0. The number of carbonyl (C=O) groups is 1. The fraction of sp³-hybridized carbons (Fsp3) is 0. The van der Waals surface area contributed by atoms with E-state index in [0.29, 0.717) is 23.0 Å². The van der Waals surface area contributed by atoms with Crippen molar-refractivity contribution in [2.24, 2.45) is 0 Å². The van der Waals surface area contributed by atoms with Crippen molar-refractivity contribution in [1.29, 1.82) is 0 Å². The van der Waals surface area contributed by atoms with Gasteiger partial charge in [-0.05, 0) is 30.3 Å². The highest BCUT2D eigenvalue weighted by atomic mass is 16.2. The van der Waals surface area contributed by atoms with Crippen LogP contribution in [0.1, 0.15) is 10.5 Å². The quantitative estimate of drug-likeness (QED) is 0.602. The van der Waals surface area contributed by atoms with Crippen molar-refractivity contribution in [3.63, 3.8) is 0 Å². The average Bonchev–Trinajstić information content (AvgIpc) is 3.33. The Kier molecular flexibility index (Phi) is 3.80. The summed E-state index contributed by atoms with van der Waals surface area (Å²) in [7, 11) is 0. The van der Waals surface area contributed by atoms with Crippen molar-refractivity contribution >= 4 is 11.7 Å². The molecule has 1 amide bonds. The smallest absolute Gasteiger partial charge is 0.277 e. The highest BCUT2D eigenvalue weighted by molar-refractivity contribution is 6.02. The number of hydrogen-bond donors (Lipinski definition) is 2. The summed E-state index contributed by atoms with van der Waals surface area (Å²) in [5, 5.41) is 7.05. The molecule has 3 aromatic heterocycles. The molecule has 0 aliphatic carbocycles. The lowest BCUT2D eigenvalue weighted by Gasteiger charge is -2.01. The van der Waals surface area contributed by atoms with Gasteiger partial charge >= 0.3 is 0 Å². The first-order valence-corrected chi connectivity index (χ1v) is 7.68. The zero-order chi connectivity index (χ0) is 17.1. The molecular formula is C18H14N6O. The van der Waals surface area contributed by atoms with Crippen molar-refractivity contribution in [1.82, 2.24) is 24.7 Å². The third kappa shape index (κ3) is 3.16. The van der Waals surface area contributed by atoms with Crippen LogP contribution in [0.4, 0.5) is 5.82 Å². The Balaban J connectivity index is 1.50. The Hall–Kier alpha value is -3.74. The number of aromatic nitrogens is 5. The number of carbonyl (C=O) groups excluding carboxylic acids is 1. The van der Waals surface area contributed by atoms with E-state index < -0.39 is 0 Å². The molecule has 3 heterocycles. The molecule has 7 nitrogen and oxygen atoms in total. The standard InChI is InChI=1S/C18H14N6O/c25-18(15-9-11-24(23-15)13-6-2-1-3-7-13)22-16-12-20-17(21-16)14-8-4-5-10-19-14/h1-12H,(H,20,21)(H,22,25). The van der Waals surface area contributed by atoms with Crippen LogP contribution in [0.3, 0.4) is 0 Å². The van der Waals surface area contributed by atoms with Crippen LogP contribution >= 0.6 is 0 Å². The first kappa shape index (κ1) is 14.8. The van der Waals surface area contributed by atoms with Crippen molar-refractivity contribution in [2.45, 2.75) is 0 Å². The maximum atomic E-state index is 12.4. The Bertz CT molecular complexity index is 991. The lowest BCUT2D eigenvalue weighted by molar-refractivity contribution is 0.102. The Morgan fingerprint density at radius 3 is 2.64 bits per heavy atom. The summed E-state index contributed by atoms with van der Waals surface area (Å²) in [5.41, 5.74) is 1.91. The maximum absolute atomic E-state index is 12.4. The molecule has 122 valence electrons. The lowest BCUT2D eigenvalue weighted by Crippen LogP contribution is -2.13. The second-order valence-electron chi connectivity index (χ2n) is 5.30. The molecule has 0 atom stereocenters. The number of pyridine rings is 1. The molecule has 4 aromatic rings. The van der Waals surface area contributed by atoms with E-state index in [9.17, 15) is 4.79 Å². The van der Waals surface area contributed by atoms with Gasteiger partial charge in [0.25, 0.3) is 5.91 Å². The molecule has 25 heavy (non-hydrogen) atoms. The zero-order valence-corrected chi connectivity index (χ0v) is 13.1. The number of anilines is 1. The fourth-order valence-corrected chi connectivity index (χ4v) is 2.37. The normalized spacial score (nSPS) is 10.6. The third-order valence-electron chi connectivity index (χ3n) is 3.57. The van der Waals surface area contributed by atoms with Crippen molar-refractivity contribution in [2.75, 3.05) is 5.32 Å². The highest BCUT2D eigenvalue weighted by Crippen LogP contribution is 2.15. The second-order valence-corrected chi connectivity index (χ2v) is 5.30. The van der Waals surface area contributed by atoms with Crippen molar-refractivity contribution in [3.05, 3.63) is 78.9 Å². The van der Waals surface area contributed by atoms with E-state index in [1.165, 1.54) is 0 Å². The van der Waals surface area contributed by atoms with E-state index in [1.54, 1.807) is 29.3 Å². The number of benzene rings is 1. The molecular weight excluding hydrogens is 316 g/mol. The Morgan fingerprint density at radius 1 is 1.00 bits per heavy atom. The van der Waals surface area contributed by atoms with Crippen LogP contribution in [-0.2, 0) is 0 Å². The minimum absolute atomic E-state index is 0.314. The minimum Gasteiger partial charge on any atom is -0.323 e. The number of amides is 1. The van der Waals surface area contributed by atoms with Crippen LogP contribution in [-0.4, -0.2) is 30.6 Å². The maximum Gasteiger partial charge on any atom is 0.277 e. The molecule has 0 saturated heterocycles. The van der Waals surface area contributed by atoms with Gasteiger partial charge in [0, 0.05) is 12.4 Å². The molecule has 0 unspecified atom stereocenters. The number of H-pyrrole nitrogens is 1. The molecule has 0 saturated carbocycles. The predicted molar refractivity (Wildman–Crippen MR) is 93.3 cm³/mol. The van der Waals surface area contributed by atoms with Gasteiger partial charge in [-0.3, -0.25) is 9.78 Å². The van der Waals surface area contributed by atoms with E-state index in [4.69, 9.17) is 0 Å². The molecule has 0 aliphatic heterocycles. The SMILES string of the molecule is O=C(Nc1cnc(-c2ccccn2)[nH]1)c1ccn(-c2ccccc2)n1. The van der Waals surface area contributed by atoms with Gasteiger partial charge in [-0.2, -0.15) is 5.10 Å². The molecule has 1 aromatic carbocycles. The lowest BCUT2D eigenvalue weighted by atomic mass is 10.3. The molecule has 0 bridgehead atoms. The topological polar surface area (TPSA) is 88.5 Å². The van der Waals surface area contributed by atoms with Crippen LogP contribution in [0.5, 0.6) is 0 Å². The first-order chi connectivity index (χ1) is 12.3. The molecule has 0 radical (unpaired) electrons. The van der Waals surface area contributed by atoms with Gasteiger partial charge in [-0.1, -0.05) is 24.3 Å². The zero-order valence-electron chi connectivity index (χ0n) is 13.1. The number of para-hydroxylation sites is 1. The number of aromatic amines is 1. The summed E-state index contributed by atoms with van der Waals surface area (Å²) in [6, 6.07) is 16.8. The monoisotopic (exact) mass is 330 g/mol. The summed E-state index contributed by atoms with van der Waals surface area (Å²) in [4.78, 5) is 23.8. The Morgan fingerprint density at radius 2 is 1.84 bits per heavy atom. The van der Waals surface area contributed by atoms with Gasteiger partial charge in [0.2, 0.25) is 0 Å². The van der Waals surface area contributed by atoms with E-state index in [2.05, 4.69) is 25.4 Å². The number of nitrogens with one attached hydrogen (secondary N) is 2.